The van der Waals surface area contributed by atoms with E-state index in [1.807, 2.05) is 0 Å². The quantitative estimate of drug-likeness (QED) is 0.624. The van der Waals surface area contributed by atoms with Gasteiger partial charge in [-0.3, -0.25) is 4.99 Å². The Balaban J connectivity index is 2.41. The zero-order valence-electron chi connectivity index (χ0n) is 10.8. The van der Waals surface area contributed by atoms with E-state index in [1.54, 1.807) is 7.05 Å². The summed E-state index contributed by atoms with van der Waals surface area (Å²) in [7, 11) is 1.68. The fourth-order valence-corrected chi connectivity index (χ4v) is 1.50. The molecule has 0 amide bonds. The molecule has 5 heteroatoms. The highest BCUT2D eigenvalue weighted by molar-refractivity contribution is 5.79. The van der Waals surface area contributed by atoms with Crippen molar-refractivity contribution < 1.29 is 8.78 Å². The molecule has 1 aromatic rings. The predicted octanol–water partition coefficient (Wildman–Crippen LogP) is 2.08. The third-order valence-corrected chi connectivity index (χ3v) is 2.47. The first-order valence-corrected chi connectivity index (χ1v) is 6.05. The average Bonchev–Trinajstić information content (AvgIpc) is 2.36. The number of hydrogen-bond donors (Lipinski definition) is 2. The second kappa shape index (κ2) is 7.63. The Kier molecular flexibility index (Phi) is 6.11. The number of aliphatic imine (C=N–C) groups is 1. The van der Waals surface area contributed by atoms with E-state index in [-0.39, 0.29) is 0 Å². The van der Waals surface area contributed by atoms with Gasteiger partial charge in [0, 0.05) is 26.2 Å². The summed E-state index contributed by atoms with van der Waals surface area (Å²) in [5.41, 5.74) is 0.495. The first kappa shape index (κ1) is 14.4. The highest BCUT2D eigenvalue weighted by atomic mass is 19.1. The molecule has 1 aromatic carbocycles. The van der Waals surface area contributed by atoms with E-state index in [4.69, 9.17) is 0 Å². The van der Waals surface area contributed by atoms with Gasteiger partial charge in [-0.2, -0.15) is 0 Å². The van der Waals surface area contributed by atoms with Crippen LogP contribution in [0.25, 0.3) is 0 Å². The molecule has 0 fully saturated rings. The summed E-state index contributed by atoms with van der Waals surface area (Å²) < 4.78 is 26.1. The van der Waals surface area contributed by atoms with Gasteiger partial charge >= 0.3 is 0 Å². The van der Waals surface area contributed by atoms with Crippen LogP contribution in [-0.2, 0) is 6.42 Å². The van der Waals surface area contributed by atoms with E-state index in [0.29, 0.717) is 24.5 Å². The molecule has 0 saturated carbocycles. The second-order valence-corrected chi connectivity index (χ2v) is 3.91. The van der Waals surface area contributed by atoms with Crippen LogP contribution in [0.2, 0.25) is 0 Å². The standard InChI is InChI=1S/C13H19F2N3/c1-3-7-17-13(16-2)18-8-6-10-4-5-11(14)9-12(10)15/h4-5,9H,3,6-8H2,1-2H3,(H2,16,17,18). The lowest BCUT2D eigenvalue weighted by Crippen LogP contribution is -2.38. The van der Waals surface area contributed by atoms with Gasteiger partial charge in [0.15, 0.2) is 5.96 Å². The van der Waals surface area contributed by atoms with Crippen LogP contribution >= 0.6 is 0 Å². The maximum absolute atomic E-state index is 13.3. The molecule has 0 aliphatic rings. The Bertz CT molecular complexity index is 405. The van der Waals surface area contributed by atoms with E-state index in [2.05, 4.69) is 22.5 Å². The second-order valence-electron chi connectivity index (χ2n) is 3.91. The van der Waals surface area contributed by atoms with E-state index in [1.165, 1.54) is 12.1 Å². The van der Waals surface area contributed by atoms with Gasteiger partial charge in [0.25, 0.3) is 0 Å². The van der Waals surface area contributed by atoms with Crippen molar-refractivity contribution in [2.24, 2.45) is 4.99 Å². The van der Waals surface area contributed by atoms with E-state index in [9.17, 15) is 8.78 Å². The molecule has 1 rings (SSSR count). The number of nitrogens with one attached hydrogen (secondary N) is 2. The third kappa shape index (κ3) is 4.69. The summed E-state index contributed by atoms with van der Waals surface area (Å²) in [4.78, 5) is 4.03. The Morgan fingerprint density at radius 3 is 2.56 bits per heavy atom. The molecule has 0 atom stereocenters. The van der Waals surface area contributed by atoms with Crippen molar-refractivity contribution in [3.8, 4) is 0 Å². The molecule has 18 heavy (non-hydrogen) atoms. The Labute approximate surface area is 106 Å². The Morgan fingerprint density at radius 1 is 1.22 bits per heavy atom. The summed E-state index contributed by atoms with van der Waals surface area (Å²) in [6.45, 7) is 3.45. The van der Waals surface area contributed by atoms with Crippen LogP contribution in [0.5, 0.6) is 0 Å². The molecule has 2 N–H and O–H groups in total. The van der Waals surface area contributed by atoms with E-state index in [0.717, 1.165) is 19.0 Å². The average molecular weight is 255 g/mol. The van der Waals surface area contributed by atoms with Crippen molar-refractivity contribution in [2.45, 2.75) is 19.8 Å². The smallest absolute Gasteiger partial charge is 0.190 e. The molecule has 0 saturated heterocycles. The van der Waals surface area contributed by atoms with Gasteiger partial charge in [-0.05, 0) is 24.5 Å². The molecule has 0 aliphatic heterocycles. The molecule has 0 heterocycles. The Morgan fingerprint density at radius 2 is 1.94 bits per heavy atom. The van der Waals surface area contributed by atoms with Gasteiger partial charge in [-0.25, -0.2) is 8.78 Å². The monoisotopic (exact) mass is 255 g/mol. The largest absolute Gasteiger partial charge is 0.356 e. The number of benzene rings is 1. The fraction of sp³-hybridized carbons (Fsp3) is 0.462. The molecule has 0 spiro atoms. The van der Waals surface area contributed by atoms with Crippen molar-refractivity contribution in [3.63, 3.8) is 0 Å². The molecule has 0 unspecified atom stereocenters. The third-order valence-electron chi connectivity index (χ3n) is 2.47. The van der Waals surface area contributed by atoms with Gasteiger partial charge in [0.2, 0.25) is 0 Å². The topological polar surface area (TPSA) is 36.4 Å². The van der Waals surface area contributed by atoms with Gasteiger partial charge < -0.3 is 10.6 Å². The molecular formula is C13H19F2N3. The fourth-order valence-electron chi connectivity index (χ4n) is 1.50. The van der Waals surface area contributed by atoms with Crippen LogP contribution in [-0.4, -0.2) is 26.1 Å². The first-order chi connectivity index (χ1) is 8.67. The minimum Gasteiger partial charge on any atom is -0.356 e. The maximum atomic E-state index is 13.3. The normalized spacial score (nSPS) is 11.4. The number of hydrogen-bond acceptors (Lipinski definition) is 1. The number of nitrogens with zero attached hydrogens (tertiary/aromatic N) is 1. The van der Waals surface area contributed by atoms with Crippen LogP contribution in [0.1, 0.15) is 18.9 Å². The van der Waals surface area contributed by atoms with Crippen LogP contribution in [0, 0.1) is 11.6 Å². The predicted molar refractivity (Wildman–Crippen MR) is 69.7 cm³/mol. The van der Waals surface area contributed by atoms with Gasteiger partial charge in [-0.15, -0.1) is 0 Å². The molecular weight excluding hydrogens is 236 g/mol. The molecule has 0 bridgehead atoms. The summed E-state index contributed by atoms with van der Waals surface area (Å²) >= 11 is 0. The highest BCUT2D eigenvalue weighted by Crippen LogP contribution is 2.09. The van der Waals surface area contributed by atoms with Crippen LogP contribution < -0.4 is 10.6 Å². The number of guanidine groups is 1. The highest BCUT2D eigenvalue weighted by Gasteiger charge is 2.03. The lowest BCUT2D eigenvalue weighted by atomic mass is 10.1. The van der Waals surface area contributed by atoms with Crippen molar-refractivity contribution in [1.29, 1.82) is 0 Å². The zero-order chi connectivity index (χ0) is 13.4. The molecule has 0 aromatic heterocycles. The summed E-state index contributed by atoms with van der Waals surface area (Å²) in [6.07, 6.45) is 1.49. The van der Waals surface area contributed by atoms with Crippen LogP contribution in [0.4, 0.5) is 8.78 Å². The summed E-state index contributed by atoms with van der Waals surface area (Å²) in [5.74, 6) is -0.364. The molecule has 3 nitrogen and oxygen atoms in total. The van der Waals surface area contributed by atoms with Crippen molar-refractivity contribution in [2.75, 3.05) is 20.1 Å². The van der Waals surface area contributed by atoms with Crippen LogP contribution in [0.15, 0.2) is 23.2 Å². The van der Waals surface area contributed by atoms with E-state index < -0.39 is 11.6 Å². The lowest BCUT2D eigenvalue weighted by Gasteiger charge is -2.11. The first-order valence-electron chi connectivity index (χ1n) is 6.05. The van der Waals surface area contributed by atoms with Crippen LogP contribution in [0.3, 0.4) is 0 Å². The van der Waals surface area contributed by atoms with Gasteiger partial charge in [0.05, 0.1) is 0 Å². The SMILES string of the molecule is CCCNC(=NC)NCCc1ccc(F)cc1F. The lowest BCUT2D eigenvalue weighted by molar-refractivity contribution is 0.570. The minimum atomic E-state index is -0.551. The van der Waals surface area contributed by atoms with Gasteiger partial charge in [0.1, 0.15) is 11.6 Å². The molecule has 100 valence electrons. The van der Waals surface area contributed by atoms with Crippen molar-refractivity contribution in [1.82, 2.24) is 10.6 Å². The zero-order valence-corrected chi connectivity index (χ0v) is 10.8. The van der Waals surface area contributed by atoms with E-state index >= 15 is 0 Å². The summed E-state index contributed by atoms with van der Waals surface area (Å²) in [6, 6.07) is 3.64. The summed E-state index contributed by atoms with van der Waals surface area (Å²) in [5, 5.41) is 6.19. The maximum Gasteiger partial charge on any atom is 0.190 e. The van der Waals surface area contributed by atoms with Gasteiger partial charge in [-0.1, -0.05) is 13.0 Å². The van der Waals surface area contributed by atoms with Crippen molar-refractivity contribution >= 4 is 5.96 Å². The minimum absolute atomic E-state index is 0.485. The van der Waals surface area contributed by atoms with Crippen molar-refractivity contribution in [3.05, 3.63) is 35.4 Å². The Hall–Kier alpha value is -1.65. The number of rotatable bonds is 5. The molecule has 0 radical (unpaired) electrons. The number of halogens is 2. The molecule has 0 aliphatic carbocycles.